The fraction of sp³-hybridized carbons (Fsp3) is 0.579. The van der Waals surface area contributed by atoms with Gasteiger partial charge in [0.05, 0.1) is 6.54 Å². The molecule has 0 spiro atoms. The van der Waals surface area contributed by atoms with Gasteiger partial charge in [0.15, 0.2) is 6.10 Å². The van der Waals surface area contributed by atoms with Gasteiger partial charge < -0.3 is 29.9 Å². The minimum absolute atomic E-state index is 0.00740. The number of aryl methyl sites for hydroxylation is 2. The van der Waals surface area contributed by atoms with Crippen LogP contribution in [0.15, 0.2) is 36.4 Å². The number of nitrogens with zero attached hydrogens (tertiary/aromatic N) is 6. The number of carbonyl (C=O) groups excluding carboxylic acids is 4. The number of fused-ring (bicyclic) bond motifs is 1. The Kier molecular flexibility index (Phi) is 11.9. The molecule has 3 N–H and O–H groups in total. The number of ether oxygens (including phenoxy) is 1. The quantitative estimate of drug-likeness (QED) is 0.277. The van der Waals surface area contributed by atoms with E-state index in [1.807, 2.05) is 55.1 Å². The van der Waals surface area contributed by atoms with Gasteiger partial charge in [-0.1, -0.05) is 30.3 Å². The maximum Gasteiger partial charge on any atom is 0.410 e. The number of nitrogens with one attached hydrogen (secondary N) is 1. The molecule has 0 unspecified atom stereocenters. The molecule has 0 saturated carbocycles. The van der Waals surface area contributed by atoms with E-state index in [1.54, 1.807) is 9.80 Å². The molecule has 52 heavy (non-hydrogen) atoms. The monoisotopic (exact) mass is 719 g/mol. The third kappa shape index (κ3) is 8.79. The van der Waals surface area contributed by atoms with Crippen LogP contribution in [0.2, 0.25) is 0 Å². The molecule has 14 nitrogen and oxygen atoms in total. The first-order chi connectivity index (χ1) is 25.0. The van der Waals surface area contributed by atoms with Gasteiger partial charge in [0, 0.05) is 90.1 Å². The average molecular weight is 720 g/mol. The summed E-state index contributed by atoms with van der Waals surface area (Å²) in [4.78, 5) is 62.6. The van der Waals surface area contributed by atoms with Gasteiger partial charge in [-0.3, -0.25) is 24.6 Å². The number of para-hydroxylation sites is 1. The summed E-state index contributed by atoms with van der Waals surface area (Å²) in [5.41, 5.74) is 4.15. The fourth-order valence-electron chi connectivity index (χ4n) is 8.10. The largest absolute Gasteiger partial charge is 0.507 e. The minimum Gasteiger partial charge on any atom is -0.507 e. The molecule has 3 saturated heterocycles. The Morgan fingerprint density at radius 1 is 0.885 bits per heavy atom. The normalized spacial score (nSPS) is 20.2. The summed E-state index contributed by atoms with van der Waals surface area (Å²) in [5.74, 6) is -0.340. The van der Waals surface area contributed by atoms with E-state index in [9.17, 15) is 29.5 Å². The fourth-order valence-corrected chi connectivity index (χ4v) is 8.10. The van der Waals surface area contributed by atoms with Gasteiger partial charge in [-0.05, 0) is 74.3 Å². The molecule has 0 radical (unpaired) electrons. The van der Waals surface area contributed by atoms with Crippen LogP contribution in [0, 0.1) is 13.8 Å². The molecule has 2 aromatic rings. The predicted octanol–water partition coefficient (Wildman–Crippen LogP) is 3.07. The number of benzene rings is 2. The summed E-state index contributed by atoms with van der Waals surface area (Å²) in [7, 11) is 1.34. The number of likely N-dealkylation sites (N-methyl/N-ethyl adjacent to an activating group) is 1. The highest BCUT2D eigenvalue weighted by atomic mass is 16.6. The highest BCUT2D eigenvalue weighted by Gasteiger charge is 2.36. The van der Waals surface area contributed by atoms with Crippen molar-refractivity contribution in [3.63, 3.8) is 0 Å². The molecule has 282 valence electrons. The highest BCUT2D eigenvalue weighted by molar-refractivity contribution is 5.91. The van der Waals surface area contributed by atoms with Gasteiger partial charge in [0.1, 0.15) is 5.75 Å². The highest BCUT2D eigenvalue weighted by Crippen LogP contribution is 2.27. The number of likely N-dealkylation sites (tertiary alicyclic amines) is 2. The second kappa shape index (κ2) is 16.5. The molecule has 5 amide bonds. The van der Waals surface area contributed by atoms with E-state index in [0.29, 0.717) is 80.9 Å². The lowest BCUT2D eigenvalue weighted by atomic mass is 10.00. The molecule has 14 heteroatoms. The van der Waals surface area contributed by atoms with E-state index in [1.165, 1.54) is 7.05 Å². The van der Waals surface area contributed by atoms with Gasteiger partial charge in [-0.2, -0.15) is 0 Å². The van der Waals surface area contributed by atoms with Gasteiger partial charge in [-0.25, -0.2) is 14.7 Å². The van der Waals surface area contributed by atoms with E-state index in [-0.39, 0.29) is 42.6 Å². The van der Waals surface area contributed by atoms with Gasteiger partial charge in [0.2, 0.25) is 0 Å². The molecular formula is C38H53N7O7. The Morgan fingerprint density at radius 2 is 1.52 bits per heavy atom. The molecule has 4 aliphatic rings. The van der Waals surface area contributed by atoms with Crippen molar-refractivity contribution < 1.29 is 34.2 Å². The van der Waals surface area contributed by atoms with E-state index < -0.39 is 12.2 Å². The second-order valence-corrected chi connectivity index (χ2v) is 14.7. The van der Waals surface area contributed by atoms with Crippen LogP contribution in [0.5, 0.6) is 5.75 Å². The van der Waals surface area contributed by atoms with E-state index in [2.05, 4.69) is 15.1 Å². The van der Waals surface area contributed by atoms with Gasteiger partial charge in [0.25, 0.3) is 11.8 Å². The van der Waals surface area contributed by atoms with Crippen LogP contribution in [0.25, 0.3) is 0 Å². The SMILES string of the molecule is Cc1cc(C[C@@H](OC(=O)N2CCC(N3CCc4ccccc4NC3=O)CC2)C(=O)N2CCN(C3CCN(CC(=O)N(C)O)CC3)CC2)cc(C)c1O. The Labute approximate surface area is 305 Å². The molecule has 4 aliphatic heterocycles. The van der Waals surface area contributed by atoms with Crippen LogP contribution in [0.3, 0.4) is 0 Å². The van der Waals surface area contributed by atoms with Crippen molar-refractivity contribution in [3.05, 3.63) is 58.7 Å². The summed E-state index contributed by atoms with van der Waals surface area (Å²) < 4.78 is 6.06. The Balaban J connectivity index is 1.05. The second-order valence-electron chi connectivity index (χ2n) is 14.7. The minimum atomic E-state index is -1.03. The molecule has 0 aromatic heterocycles. The Bertz CT molecular complexity index is 1590. The number of aromatic hydroxyl groups is 1. The summed E-state index contributed by atoms with van der Waals surface area (Å²) in [6.07, 6.45) is 2.43. The third-order valence-electron chi connectivity index (χ3n) is 11.2. The number of hydrogen-bond acceptors (Lipinski definition) is 9. The number of carbonyl (C=O) groups is 4. The molecule has 1 atom stereocenters. The number of rotatable bonds is 8. The number of phenols is 1. The van der Waals surface area contributed by atoms with Gasteiger partial charge >= 0.3 is 12.1 Å². The lowest BCUT2D eigenvalue weighted by Crippen LogP contribution is -2.57. The molecule has 6 rings (SSSR count). The van der Waals surface area contributed by atoms with Gasteiger partial charge in [-0.15, -0.1) is 0 Å². The number of piperazine rings is 1. The van der Waals surface area contributed by atoms with Crippen LogP contribution in [0.4, 0.5) is 15.3 Å². The zero-order valence-corrected chi connectivity index (χ0v) is 30.6. The maximum absolute atomic E-state index is 14.1. The van der Waals surface area contributed by atoms with E-state index in [0.717, 1.165) is 49.2 Å². The molecule has 0 bridgehead atoms. The van der Waals surface area contributed by atoms with Crippen LogP contribution in [-0.2, 0) is 27.2 Å². The van der Waals surface area contributed by atoms with Crippen molar-refractivity contribution >= 4 is 29.6 Å². The van der Waals surface area contributed by atoms with Crippen molar-refractivity contribution in [3.8, 4) is 5.75 Å². The Morgan fingerprint density at radius 3 is 2.17 bits per heavy atom. The number of piperidine rings is 2. The molecular weight excluding hydrogens is 666 g/mol. The zero-order chi connectivity index (χ0) is 36.9. The smallest absolute Gasteiger partial charge is 0.410 e. The molecule has 4 heterocycles. The lowest BCUT2D eigenvalue weighted by Gasteiger charge is -2.43. The Hall–Kier alpha value is -4.40. The summed E-state index contributed by atoms with van der Waals surface area (Å²) in [6.45, 7) is 9.24. The first-order valence-electron chi connectivity index (χ1n) is 18.6. The number of hydrogen-bond donors (Lipinski definition) is 3. The number of urea groups is 1. The zero-order valence-electron chi connectivity index (χ0n) is 30.6. The van der Waals surface area contributed by atoms with Crippen molar-refractivity contribution in [1.29, 1.82) is 0 Å². The van der Waals surface area contributed by atoms with Crippen molar-refractivity contribution in [2.75, 3.05) is 77.8 Å². The summed E-state index contributed by atoms with van der Waals surface area (Å²) >= 11 is 0. The third-order valence-corrected chi connectivity index (χ3v) is 11.2. The molecule has 2 aromatic carbocycles. The molecule has 0 aliphatic carbocycles. The van der Waals surface area contributed by atoms with E-state index >= 15 is 0 Å². The van der Waals surface area contributed by atoms with Crippen molar-refractivity contribution in [2.24, 2.45) is 0 Å². The predicted molar refractivity (Wildman–Crippen MR) is 194 cm³/mol. The van der Waals surface area contributed by atoms with E-state index in [4.69, 9.17) is 4.74 Å². The number of amides is 5. The topological polar surface area (TPSA) is 149 Å². The maximum atomic E-state index is 14.1. The van der Waals surface area contributed by atoms with Crippen LogP contribution in [0.1, 0.15) is 47.9 Å². The summed E-state index contributed by atoms with van der Waals surface area (Å²) in [5, 5.41) is 23.4. The van der Waals surface area contributed by atoms with Crippen molar-refractivity contribution in [1.82, 2.24) is 29.6 Å². The lowest BCUT2D eigenvalue weighted by molar-refractivity contribution is -0.160. The molecule has 3 fully saturated rings. The van der Waals surface area contributed by atoms with Crippen LogP contribution in [-0.4, -0.2) is 154 Å². The number of anilines is 1. The van der Waals surface area contributed by atoms with Crippen LogP contribution >= 0.6 is 0 Å². The standard InChI is InChI=1S/C38H53N7O7/c1-26-22-28(23-27(2)35(26)47)24-33(36(48)43-20-18-42(19-21-43)30-9-13-41(14-10-30)25-34(46)40(3)51)52-38(50)44-15-11-31(12-16-44)45-17-8-29-6-4-5-7-32(29)39-37(45)49/h4-7,22-23,30-31,33,47,51H,8-21,24-25H2,1-3H3,(H,39,49)/t33-/m1/s1. The van der Waals surface area contributed by atoms with Crippen LogP contribution < -0.4 is 5.32 Å². The number of hydroxylamine groups is 2. The first-order valence-corrected chi connectivity index (χ1v) is 18.6. The first kappa shape index (κ1) is 37.4. The average Bonchev–Trinajstić information content (AvgIpc) is 3.31. The van der Waals surface area contributed by atoms with Crippen molar-refractivity contribution in [2.45, 2.75) is 70.6 Å². The summed E-state index contributed by atoms with van der Waals surface area (Å²) in [6, 6.07) is 11.7. The number of phenolic OH excluding ortho intramolecular Hbond substituents is 1.